The van der Waals surface area contributed by atoms with Gasteiger partial charge in [-0.3, -0.25) is 0 Å². The number of anilines is 1. The molecule has 0 spiro atoms. The first-order valence-electron chi connectivity index (χ1n) is 8.87. The van der Waals surface area contributed by atoms with Crippen LogP contribution in [0.25, 0.3) is 11.0 Å². The van der Waals surface area contributed by atoms with E-state index in [1.54, 1.807) is 10.8 Å². The van der Waals surface area contributed by atoms with E-state index < -0.39 is 36.9 Å². The van der Waals surface area contributed by atoms with Crippen LogP contribution in [0.2, 0.25) is 0 Å². The minimum Gasteiger partial charge on any atom is -0.394 e. The SMILES string of the molecule is CCOC(OCC)c1cn(C2OC(CO)[C@@H](O)C2(C)O)c2ncnc(N)c12. The van der Waals surface area contributed by atoms with Crippen molar-refractivity contribution in [2.75, 3.05) is 25.6 Å². The molecule has 3 heterocycles. The van der Waals surface area contributed by atoms with Gasteiger partial charge in [-0.05, 0) is 20.8 Å². The molecule has 2 aromatic heterocycles. The smallest absolute Gasteiger partial charge is 0.186 e. The summed E-state index contributed by atoms with van der Waals surface area (Å²) in [6.45, 7) is 5.52. The number of hydrogen-bond acceptors (Lipinski definition) is 9. The molecule has 3 unspecified atom stereocenters. The third-order valence-corrected chi connectivity index (χ3v) is 4.75. The van der Waals surface area contributed by atoms with E-state index in [1.165, 1.54) is 13.3 Å². The van der Waals surface area contributed by atoms with Gasteiger partial charge in [0.15, 0.2) is 12.5 Å². The molecule has 0 aromatic carbocycles. The molecule has 10 nitrogen and oxygen atoms in total. The second kappa shape index (κ2) is 7.66. The van der Waals surface area contributed by atoms with Crippen LogP contribution in [0.5, 0.6) is 0 Å². The molecule has 1 fully saturated rings. The number of nitrogens with zero attached hydrogens (tertiary/aromatic N) is 3. The van der Waals surface area contributed by atoms with Crippen molar-refractivity contribution in [1.82, 2.24) is 14.5 Å². The molecule has 0 amide bonds. The second-order valence-corrected chi connectivity index (χ2v) is 6.57. The van der Waals surface area contributed by atoms with Gasteiger partial charge in [0, 0.05) is 25.0 Å². The van der Waals surface area contributed by atoms with Crippen LogP contribution in [0.15, 0.2) is 12.5 Å². The third kappa shape index (κ3) is 3.28. The molecule has 3 rings (SSSR count). The molecular formula is C17H26N4O6. The van der Waals surface area contributed by atoms with Crippen LogP contribution >= 0.6 is 0 Å². The largest absolute Gasteiger partial charge is 0.394 e. The summed E-state index contributed by atoms with van der Waals surface area (Å²) in [6, 6.07) is 0. The predicted octanol–water partition coefficient (Wildman–Crippen LogP) is 0.0867. The molecule has 0 aliphatic carbocycles. The first-order valence-corrected chi connectivity index (χ1v) is 8.87. The van der Waals surface area contributed by atoms with E-state index in [2.05, 4.69) is 9.97 Å². The Balaban J connectivity index is 2.16. The van der Waals surface area contributed by atoms with E-state index >= 15 is 0 Å². The van der Waals surface area contributed by atoms with Crippen LogP contribution in [0.4, 0.5) is 5.82 Å². The molecule has 1 aliphatic heterocycles. The summed E-state index contributed by atoms with van der Waals surface area (Å²) in [4.78, 5) is 8.32. The Morgan fingerprint density at radius 1 is 1.33 bits per heavy atom. The Hall–Kier alpha value is -1.82. The van der Waals surface area contributed by atoms with Gasteiger partial charge in [0.1, 0.15) is 35.6 Å². The highest BCUT2D eigenvalue weighted by Gasteiger charge is 2.53. The van der Waals surface area contributed by atoms with E-state index in [9.17, 15) is 15.3 Å². The standard InChI is InChI=1S/C17H26N4O6/c1-4-25-15(26-5-2)9-6-21(14-11(9)13(18)19-8-20-14)16-17(3,24)12(23)10(7-22)27-16/h6,8,10,12,15-16,22-24H,4-5,7H2,1-3H3,(H2,18,19,20)/t10?,12-,16?,17?/m1/s1. The van der Waals surface area contributed by atoms with Crippen molar-refractivity contribution >= 4 is 16.9 Å². The Labute approximate surface area is 156 Å². The molecule has 1 saturated heterocycles. The van der Waals surface area contributed by atoms with Crippen molar-refractivity contribution in [3.8, 4) is 0 Å². The van der Waals surface area contributed by atoms with E-state index in [-0.39, 0.29) is 5.82 Å². The van der Waals surface area contributed by atoms with Crippen LogP contribution in [0.3, 0.4) is 0 Å². The van der Waals surface area contributed by atoms with Crippen LogP contribution in [-0.4, -0.2) is 67.5 Å². The lowest BCUT2D eigenvalue weighted by molar-refractivity contribution is -0.140. The normalized spacial score (nSPS) is 28.5. The van der Waals surface area contributed by atoms with Gasteiger partial charge in [-0.2, -0.15) is 0 Å². The Bertz CT molecular complexity index is 789. The number of nitrogens with two attached hydrogens (primary N) is 1. The highest BCUT2D eigenvalue weighted by Crippen LogP contribution is 2.42. The summed E-state index contributed by atoms with van der Waals surface area (Å²) in [7, 11) is 0. The van der Waals surface area contributed by atoms with Gasteiger partial charge >= 0.3 is 0 Å². The van der Waals surface area contributed by atoms with Crippen molar-refractivity contribution in [1.29, 1.82) is 0 Å². The second-order valence-electron chi connectivity index (χ2n) is 6.57. The van der Waals surface area contributed by atoms with E-state index in [1.807, 2.05) is 13.8 Å². The van der Waals surface area contributed by atoms with Gasteiger partial charge in [-0.1, -0.05) is 0 Å². The molecule has 0 saturated carbocycles. The summed E-state index contributed by atoms with van der Waals surface area (Å²) in [6.07, 6.45) is -0.946. The van der Waals surface area contributed by atoms with Crippen molar-refractivity contribution in [2.45, 2.75) is 51.1 Å². The zero-order valence-corrected chi connectivity index (χ0v) is 15.6. The molecule has 5 N–H and O–H groups in total. The van der Waals surface area contributed by atoms with Crippen LogP contribution < -0.4 is 5.73 Å². The van der Waals surface area contributed by atoms with E-state index in [0.29, 0.717) is 29.8 Å². The van der Waals surface area contributed by atoms with Gasteiger partial charge in [-0.25, -0.2) is 9.97 Å². The Morgan fingerprint density at radius 3 is 2.56 bits per heavy atom. The Kier molecular flexibility index (Phi) is 5.65. The number of fused-ring (bicyclic) bond motifs is 1. The average Bonchev–Trinajstić information content (AvgIpc) is 3.12. The summed E-state index contributed by atoms with van der Waals surface area (Å²) >= 11 is 0. The average molecular weight is 382 g/mol. The summed E-state index contributed by atoms with van der Waals surface area (Å²) < 4.78 is 18.6. The maximum Gasteiger partial charge on any atom is 0.186 e. The first-order chi connectivity index (χ1) is 12.9. The molecule has 2 aromatic rings. The number of rotatable bonds is 7. The lowest BCUT2D eigenvalue weighted by atomic mass is 9.96. The van der Waals surface area contributed by atoms with Gasteiger partial charge in [0.05, 0.1) is 12.0 Å². The number of nitrogen functional groups attached to an aromatic ring is 1. The minimum absolute atomic E-state index is 0.232. The topological polar surface area (TPSA) is 145 Å². The van der Waals surface area contributed by atoms with Gasteiger partial charge in [-0.15, -0.1) is 0 Å². The molecule has 150 valence electrons. The van der Waals surface area contributed by atoms with Crippen LogP contribution in [-0.2, 0) is 14.2 Å². The highest BCUT2D eigenvalue weighted by molar-refractivity contribution is 5.90. The monoisotopic (exact) mass is 382 g/mol. The number of hydrogen-bond donors (Lipinski definition) is 4. The zero-order valence-electron chi connectivity index (χ0n) is 15.6. The fourth-order valence-corrected chi connectivity index (χ4v) is 3.42. The van der Waals surface area contributed by atoms with Gasteiger partial charge in [0.2, 0.25) is 0 Å². The molecule has 27 heavy (non-hydrogen) atoms. The quantitative estimate of drug-likeness (QED) is 0.489. The zero-order chi connectivity index (χ0) is 19.8. The maximum absolute atomic E-state index is 10.8. The number of aliphatic hydroxyl groups excluding tert-OH is 2. The minimum atomic E-state index is -1.66. The lowest BCUT2D eigenvalue weighted by Gasteiger charge is -2.27. The van der Waals surface area contributed by atoms with E-state index in [4.69, 9.17) is 19.9 Å². The van der Waals surface area contributed by atoms with Crippen molar-refractivity contribution in [3.05, 3.63) is 18.1 Å². The molecule has 1 aliphatic rings. The lowest BCUT2D eigenvalue weighted by Crippen LogP contribution is -2.44. The van der Waals surface area contributed by atoms with Crippen molar-refractivity contribution < 1.29 is 29.5 Å². The van der Waals surface area contributed by atoms with Gasteiger partial charge < -0.3 is 39.8 Å². The molecule has 4 atom stereocenters. The summed E-state index contributed by atoms with van der Waals surface area (Å²) in [5.41, 5.74) is 5.41. The van der Waals surface area contributed by atoms with Crippen molar-refractivity contribution in [2.24, 2.45) is 0 Å². The fraction of sp³-hybridized carbons (Fsp3) is 0.647. The van der Waals surface area contributed by atoms with Crippen molar-refractivity contribution in [3.63, 3.8) is 0 Å². The molecule has 10 heteroatoms. The predicted molar refractivity (Wildman–Crippen MR) is 95.6 cm³/mol. The maximum atomic E-state index is 10.8. The Morgan fingerprint density at radius 2 is 2.00 bits per heavy atom. The van der Waals surface area contributed by atoms with E-state index in [0.717, 1.165) is 0 Å². The molecule has 0 bridgehead atoms. The number of aromatic nitrogens is 3. The highest BCUT2D eigenvalue weighted by atomic mass is 16.7. The van der Waals surface area contributed by atoms with Crippen LogP contribution in [0.1, 0.15) is 38.9 Å². The summed E-state index contributed by atoms with van der Waals surface area (Å²) in [5, 5.41) is 31.1. The third-order valence-electron chi connectivity index (χ3n) is 4.75. The first kappa shape index (κ1) is 19.9. The number of aliphatic hydroxyl groups is 3. The molecule has 0 radical (unpaired) electrons. The fourth-order valence-electron chi connectivity index (χ4n) is 3.42. The number of ether oxygens (including phenoxy) is 3. The van der Waals surface area contributed by atoms with Gasteiger partial charge in [0.25, 0.3) is 0 Å². The molecular weight excluding hydrogens is 356 g/mol. The van der Waals surface area contributed by atoms with Crippen LogP contribution in [0, 0.1) is 0 Å². The summed E-state index contributed by atoms with van der Waals surface area (Å²) in [5.74, 6) is 0.232.